The lowest BCUT2D eigenvalue weighted by molar-refractivity contribution is 0.174. The van der Waals surface area contributed by atoms with Gasteiger partial charge in [-0.05, 0) is 67.7 Å². The molecule has 1 saturated heterocycles. The van der Waals surface area contributed by atoms with E-state index in [1.165, 1.54) is 30.4 Å². The van der Waals surface area contributed by atoms with E-state index < -0.39 is 0 Å². The highest BCUT2D eigenvalue weighted by molar-refractivity contribution is 5.79. The summed E-state index contributed by atoms with van der Waals surface area (Å²) in [6, 6.07) is 12.3. The molecule has 0 amide bonds. The van der Waals surface area contributed by atoms with Gasteiger partial charge in [-0.3, -0.25) is 15.4 Å². The smallest absolute Gasteiger partial charge is 0.203 e. The second-order valence-electron chi connectivity index (χ2n) is 8.29. The molecular weight excluding hydrogens is 360 g/mol. The zero-order valence-corrected chi connectivity index (χ0v) is 17.4. The van der Waals surface area contributed by atoms with Crippen LogP contribution in [-0.2, 0) is 0 Å². The molecule has 1 aliphatic carbocycles. The summed E-state index contributed by atoms with van der Waals surface area (Å²) in [5, 5.41) is 16.9. The molecule has 0 saturated carbocycles. The van der Waals surface area contributed by atoms with Crippen LogP contribution >= 0.6 is 0 Å². The molecule has 5 heteroatoms. The van der Waals surface area contributed by atoms with Crippen molar-refractivity contribution in [2.75, 3.05) is 13.1 Å². The average Bonchev–Trinajstić information content (AvgIpc) is 2.77. The summed E-state index contributed by atoms with van der Waals surface area (Å²) >= 11 is 0. The standard InChI is InChI=1S/C24H32N4O/c1-2-8-18-11-13-22(21-10-5-4-9-20(18)21)29-19-12-14-23(25)28(17-19)24(26)27-15-6-3-7-16-27/h4-5,9-10,12,14,17-18,22,25-26H,2-3,6-8,11,13,15-16H2,1H3/t18-,22+/m0/s1. The SMILES string of the molecule is CCC[C@H]1CC[C@@H](Oc2ccc(=N)n(C(=N)N3CCCCC3)c2)c2ccccc21. The zero-order chi connectivity index (χ0) is 20.2. The molecule has 0 radical (unpaired) electrons. The first-order valence-electron chi connectivity index (χ1n) is 11.0. The van der Waals surface area contributed by atoms with Gasteiger partial charge >= 0.3 is 0 Å². The number of pyridine rings is 1. The molecule has 1 aromatic carbocycles. The van der Waals surface area contributed by atoms with Gasteiger partial charge in [0.05, 0.1) is 6.20 Å². The van der Waals surface area contributed by atoms with Crippen molar-refractivity contribution in [2.45, 2.75) is 63.9 Å². The number of hydrogen-bond donors (Lipinski definition) is 2. The Hall–Kier alpha value is -2.56. The number of ether oxygens (including phenoxy) is 1. The molecule has 4 rings (SSSR count). The van der Waals surface area contributed by atoms with Crippen LogP contribution in [0.2, 0.25) is 0 Å². The van der Waals surface area contributed by atoms with Gasteiger partial charge in [-0.1, -0.05) is 37.6 Å². The number of rotatable bonds is 4. The van der Waals surface area contributed by atoms with Gasteiger partial charge in [-0.25, -0.2) is 0 Å². The Bertz CT molecular complexity index is 913. The first-order valence-corrected chi connectivity index (χ1v) is 11.0. The highest BCUT2D eigenvalue weighted by atomic mass is 16.5. The van der Waals surface area contributed by atoms with E-state index in [2.05, 4.69) is 36.1 Å². The zero-order valence-electron chi connectivity index (χ0n) is 17.4. The monoisotopic (exact) mass is 392 g/mol. The summed E-state index contributed by atoms with van der Waals surface area (Å²) in [7, 11) is 0. The van der Waals surface area contributed by atoms with Gasteiger partial charge in [0.2, 0.25) is 5.96 Å². The minimum absolute atomic E-state index is 0.0357. The molecule has 2 atom stereocenters. The lowest BCUT2D eigenvalue weighted by Gasteiger charge is -2.32. The van der Waals surface area contributed by atoms with Crippen molar-refractivity contribution in [1.29, 1.82) is 10.8 Å². The molecule has 2 aliphatic rings. The minimum Gasteiger partial charge on any atom is -0.484 e. The van der Waals surface area contributed by atoms with Crippen molar-refractivity contribution in [3.8, 4) is 5.75 Å². The van der Waals surface area contributed by atoms with E-state index in [4.69, 9.17) is 15.6 Å². The van der Waals surface area contributed by atoms with Crippen molar-refractivity contribution >= 4 is 5.96 Å². The molecule has 2 aromatic rings. The number of fused-ring (bicyclic) bond motifs is 1. The Balaban J connectivity index is 1.56. The third-order valence-corrected chi connectivity index (χ3v) is 6.28. The van der Waals surface area contributed by atoms with Crippen molar-refractivity contribution in [3.63, 3.8) is 0 Å². The van der Waals surface area contributed by atoms with E-state index in [1.54, 1.807) is 10.6 Å². The fourth-order valence-electron chi connectivity index (χ4n) is 4.76. The average molecular weight is 393 g/mol. The Labute approximate surface area is 173 Å². The van der Waals surface area contributed by atoms with Gasteiger partial charge in [-0.2, -0.15) is 0 Å². The molecule has 29 heavy (non-hydrogen) atoms. The van der Waals surface area contributed by atoms with Crippen molar-refractivity contribution < 1.29 is 4.74 Å². The normalized spacial score (nSPS) is 21.5. The fourth-order valence-corrected chi connectivity index (χ4v) is 4.76. The Morgan fingerprint density at radius 3 is 2.55 bits per heavy atom. The maximum atomic E-state index is 8.58. The van der Waals surface area contributed by atoms with E-state index in [0.29, 0.717) is 17.4 Å². The van der Waals surface area contributed by atoms with E-state index in [9.17, 15) is 0 Å². The van der Waals surface area contributed by atoms with Crippen molar-refractivity contribution in [1.82, 2.24) is 9.47 Å². The van der Waals surface area contributed by atoms with Crippen LogP contribution in [0.1, 0.15) is 75.0 Å². The van der Waals surface area contributed by atoms with Crippen molar-refractivity contribution in [2.24, 2.45) is 0 Å². The summed E-state index contributed by atoms with van der Waals surface area (Å²) in [4.78, 5) is 2.07. The first-order chi connectivity index (χ1) is 14.2. The summed E-state index contributed by atoms with van der Waals surface area (Å²) in [5.74, 6) is 1.74. The van der Waals surface area contributed by atoms with Crippen LogP contribution in [0.4, 0.5) is 0 Å². The lowest BCUT2D eigenvalue weighted by Crippen LogP contribution is -2.42. The molecule has 5 nitrogen and oxygen atoms in total. The molecule has 2 heterocycles. The number of likely N-dealkylation sites (tertiary alicyclic amines) is 1. The summed E-state index contributed by atoms with van der Waals surface area (Å²) < 4.78 is 8.07. The topological polar surface area (TPSA) is 65.1 Å². The van der Waals surface area contributed by atoms with Gasteiger partial charge in [-0.15, -0.1) is 0 Å². The van der Waals surface area contributed by atoms with Crippen LogP contribution in [0.15, 0.2) is 42.6 Å². The number of nitrogens with zero attached hydrogens (tertiary/aromatic N) is 2. The fraction of sp³-hybridized carbons (Fsp3) is 0.500. The molecule has 0 bridgehead atoms. The largest absolute Gasteiger partial charge is 0.484 e. The Kier molecular flexibility index (Phi) is 6.02. The van der Waals surface area contributed by atoms with Crippen LogP contribution in [0.3, 0.4) is 0 Å². The summed E-state index contributed by atoms with van der Waals surface area (Å²) in [5.41, 5.74) is 3.04. The number of aromatic nitrogens is 1. The van der Waals surface area contributed by atoms with E-state index in [0.717, 1.165) is 44.5 Å². The maximum absolute atomic E-state index is 8.58. The predicted octanol–water partition coefficient (Wildman–Crippen LogP) is 5.03. The van der Waals surface area contributed by atoms with E-state index >= 15 is 0 Å². The highest BCUT2D eigenvalue weighted by Gasteiger charge is 2.28. The molecule has 1 fully saturated rings. The van der Waals surface area contributed by atoms with Crippen LogP contribution in [0.5, 0.6) is 5.75 Å². The molecule has 2 N–H and O–H groups in total. The van der Waals surface area contributed by atoms with Gasteiger partial charge in [0.1, 0.15) is 17.3 Å². The molecule has 154 valence electrons. The van der Waals surface area contributed by atoms with Gasteiger partial charge in [0.25, 0.3) is 0 Å². The maximum Gasteiger partial charge on any atom is 0.203 e. The quantitative estimate of drug-likeness (QED) is 0.566. The minimum atomic E-state index is 0.0357. The van der Waals surface area contributed by atoms with Crippen LogP contribution in [0.25, 0.3) is 0 Å². The molecule has 0 unspecified atom stereocenters. The number of benzene rings is 1. The second-order valence-corrected chi connectivity index (χ2v) is 8.29. The number of piperidine rings is 1. The van der Waals surface area contributed by atoms with Gasteiger partial charge in [0, 0.05) is 13.1 Å². The Morgan fingerprint density at radius 2 is 1.79 bits per heavy atom. The van der Waals surface area contributed by atoms with E-state index in [-0.39, 0.29) is 6.10 Å². The molecular formula is C24H32N4O. The van der Waals surface area contributed by atoms with Gasteiger partial charge in [0.15, 0.2) is 0 Å². The van der Waals surface area contributed by atoms with Gasteiger partial charge < -0.3 is 9.64 Å². The highest BCUT2D eigenvalue weighted by Crippen LogP contribution is 2.41. The second kappa shape index (κ2) is 8.85. The predicted molar refractivity (Wildman–Crippen MR) is 116 cm³/mol. The van der Waals surface area contributed by atoms with Crippen molar-refractivity contribution in [3.05, 3.63) is 59.2 Å². The number of nitrogens with one attached hydrogen (secondary N) is 2. The summed E-state index contributed by atoms with van der Waals surface area (Å²) in [6.07, 6.45) is 9.90. The van der Waals surface area contributed by atoms with Crippen LogP contribution in [-0.4, -0.2) is 28.5 Å². The van der Waals surface area contributed by atoms with Crippen LogP contribution in [0, 0.1) is 10.8 Å². The van der Waals surface area contributed by atoms with E-state index in [1.807, 2.05) is 12.3 Å². The summed E-state index contributed by atoms with van der Waals surface area (Å²) in [6.45, 7) is 4.04. The first kappa shape index (κ1) is 19.7. The molecule has 1 aromatic heterocycles. The van der Waals surface area contributed by atoms with Crippen LogP contribution < -0.4 is 10.2 Å². The lowest BCUT2D eigenvalue weighted by atomic mass is 9.79. The molecule has 0 spiro atoms. The third kappa shape index (κ3) is 4.24. The number of hydrogen-bond acceptors (Lipinski definition) is 3. The third-order valence-electron chi connectivity index (χ3n) is 6.28. The Morgan fingerprint density at radius 1 is 1.03 bits per heavy atom. The molecule has 1 aliphatic heterocycles.